The maximum absolute atomic E-state index is 12.3. The van der Waals surface area contributed by atoms with E-state index in [4.69, 9.17) is 0 Å². The molecule has 0 spiro atoms. The Morgan fingerprint density at radius 1 is 1.38 bits per heavy atom. The highest BCUT2D eigenvalue weighted by Crippen LogP contribution is 2.14. The first-order chi connectivity index (χ1) is 10.1. The number of aromatic nitrogens is 2. The molecule has 1 aromatic heterocycles. The third-order valence-corrected chi connectivity index (χ3v) is 3.74. The zero-order valence-electron chi connectivity index (χ0n) is 10.9. The molecule has 3 amide bonds. The van der Waals surface area contributed by atoms with E-state index < -0.39 is 11.9 Å². The predicted octanol–water partition coefficient (Wildman–Crippen LogP) is 0.711. The fourth-order valence-corrected chi connectivity index (χ4v) is 2.55. The zero-order valence-corrected chi connectivity index (χ0v) is 12.5. The maximum atomic E-state index is 12.3. The molecule has 0 saturated carbocycles. The molecule has 1 aliphatic heterocycles. The van der Waals surface area contributed by atoms with Gasteiger partial charge >= 0.3 is 6.03 Å². The number of carbonyl (C=O) groups excluding carboxylic acids is 2. The van der Waals surface area contributed by atoms with Crippen LogP contribution in [0.5, 0.6) is 0 Å². The summed E-state index contributed by atoms with van der Waals surface area (Å²) < 4.78 is 1.97. The Morgan fingerprint density at radius 2 is 2.19 bits per heavy atom. The van der Waals surface area contributed by atoms with Gasteiger partial charge in [-0.1, -0.05) is 15.9 Å². The van der Waals surface area contributed by atoms with Crippen LogP contribution in [0.1, 0.15) is 0 Å². The van der Waals surface area contributed by atoms with E-state index in [2.05, 4.69) is 26.2 Å². The molecule has 1 saturated heterocycles. The van der Waals surface area contributed by atoms with Gasteiger partial charge in [0.1, 0.15) is 6.54 Å². The largest absolute Gasteiger partial charge is 0.336 e. The summed E-state index contributed by atoms with van der Waals surface area (Å²) in [6, 6.07) is 4.75. The van der Waals surface area contributed by atoms with Crippen molar-refractivity contribution in [2.24, 2.45) is 0 Å². The Kier molecular flexibility index (Phi) is 3.46. The molecule has 1 fully saturated rings. The summed E-state index contributed by atoms with van der Waals surface area (Å²) in [6.45, 7) is 0.545. The van der Waals surface area contributed by atoms with Gasteiger partial charge in [-0.15, -0.1) is 0 Å². The molecule has 7 nitrogen and oxygen atoms in total. The number of halogens is 1. The number of benzene rings is 1. The van der Waals surface area contributed by atoms with Crippen molar-refractivity contribution in [2.75, 3.05) is 13.1 Å². The van der Waals surface area contributed by atoms with Gasteiger partial charge in [0.05, 0.1) is 17.2 Å². The van der Waals surface area contributed by atoms with Gasteiger partial charge in [0, 0.05) is 17.6 Å². The molecule has 3 rings (SSSR count). The fraction of sp³-hybridized carbons (Fsp3) is 0.231. The van der Waals surface area contributed by atoms with Gasteiger partial charge in [0.25, 0.3) is 11.5 Å². The minimum absolute atomic E-state index is 0.207. The van der Waals surface area contributed by atoms with E-state index in [0.29, 0.717) is 24.0 Å². The summed E-state index contributed by atoms with van der Waals surface area (Å²) >= 11 is 3.30. The van der Waals surface area contributed by atoms with Crippen molar-refractivity contribution in [2.45, 2.75) is 6.54 Å². The Labute approximate surface area is 127 Å². The molecule has 0 unspecified atom stereocenters. The number of urea groups is 1. The second-order valence-corrected chi connectivity index (χ2v) is 5.53. The number of fused-ring (bicyclic) bond motifs is 1. The number of hydrogen-bond donors (Lipinski definition) is 1. The number of nitrogens with zero attached hydrogens (tertiary/aromatic N) is 3. The van der Waals surface area contributed by atoms with E-state index >= 15 is 0 Å². The van der Waals surface area contributed by atoms with Gasteiger partial charge in [-0.3, -0.25) is 19.1 Å². The lowest BCUT2D eigenvalue weighted by molar-refractivity contribution is -0.128. The summed E-state index contributed by atoms with van der Waals surface area (Å²) in [5.41, 5.74) is 0.250. The van der Waals surface area contributed by atoms with Gasteiger partial charge in [0.15, 0.2) is 0 Å². The van der Waals surface area contributed by atoms with Crippen LogP contribution >= 0.6 is 15.9 Å². The molecule has 21 heavy (non-hydrogen) atoms. The van der Waals surface area contributed by atoms with Crippen molar-refractivity contribution in [3.63, 3.8) is 0 Å². The summed E-state index contributed by atoms with van der Waals surface area (Å²) in [4.78, 5) is 41.1. The van der Waals surface area contributed by atoms with E-state index in [1.807, 2.05) is 0 Å². The Morgan fingerprint density at radius 3 is 2.90 bits per heavy atom. The van der Waals surface area contributed by atoms with Crippen molar-refractivity contribution in [1.29, 1.82) is 0 Å². The molecular formula is C13H11BrN4O3. The van der Waals surface area contributed by atoms with Crippen LogP contribution in [0.3, 0.4) is 0 Å². The summed E-state index contributed by atoms with van der Waals surface area (Å²) in [6.07, 6.45) is 1.32. The molecule has 1 aromatic carbocycles. The number of carbonyl (C=O) groups is 2. The van der Waals surface area contributed by atoms with Gasteiger partial charge in [-0.2, -0.15) is 0 Å². The average Bonchev–Trinajstić information content (AvgIpc) is 2.89. The van der Waals surface area contributed by atoms with Crippen LogP contribution < -0.4 is 10.9 Å². The lowest BCUT2D eigenvalue weighted by Crippen LogP contribution is -2.38. The number of rotatable bonds is 2. The monoisotopic (exact) mass is 350 g/mol. The zero-order chi connectivity index (χ0) is 15.0. The van der Waals surface area contributed by atoms with E-state index in [0.717, 1.165) is 9.37 Å². The lowest BCUT2D eigenvalue weighted by Gasteiger charge is -2.13. The SMILES string of the molecule is O=C(Cn1cnc2ccc(Br)cc2c1=O)N1CCNC1=O. The Hall–Kier alpha value is -2.22. The summed E-state index contributed by atoms with van der Waals surface area (Å²) in [7, 11) is 0. The highest BCUT2D eigenvalue weighted by molar-refractivity contribution is 9.10. The first kappa shape index (κ1) is 13.7. The van der Waals surface area contributed by atoms with Crippen LogP contribution in [0.15, 0.2) is 33.8 Å². The second-order valence-electron chi connectivity index (χ2n) is 4.62. The second kappa shape index (κ2) is 5.28. The average molecular weight is 351 g/mol. The third kappa shape index (κ3) is 2.54. The number of imide groups is 1. The molecular weight excluding hydrogens is 340 g/mol. The molecule has 2 heterocycles. The minimum Gasteiger partial charge on any atom is -0.336 e. The van der Waals surface area contributed by atoms with Crippen LogP contribution in [-0.4, -0.2) is 39.5 Å². The first-order valence-electron chi connectivity index (χ1n) is 6.29. The van der Waals surface area contributed by atoms with Gasteiger partial charge in [-0.25, -0.2) is 9.78 Å². The first-order valence-corrected chi connectivity index (χ1v) is 7.08. The third-order valence-electron chi connectivity index (χ3n) is 3.25. The predicted molar refractivity (Wildman–Crippen MR) is 78.8 cm³/mol. The van der Waals surface area contributed by atoms with Gasteiger partial charge in [0.2, 0.25) is 0 Å². The molecule has 0 bridgehead atoms. The Bertz CT molecular complexity index is 802. The van der Waals surface area contributed by atoms with E-state index in [-0.39, 0.29) is 12.1 Å². The molecule has 1 aliphatic rings. The molecule has 8 heteroatoms. The number of nitrogens with one attached hydrogen (secondary N) is 1. The van der Waals surface area contributed by atoms with Crippen LogP contribution in [0.25, 0.3) is 10.9 Å². The minimum atomic E-state index is -0.428. The molecule has 108 valence electrons. The smallest absolute Gasteiger partial charge is 0.324 e. The summed E-state index contributed by atoms with van der Waals surface area (Å²) in [5.74, 6) is -0.428. The van der Waals surface area contributed by atoms with Crippen molar-refractivity contribution >= 4 is 38.8 Å². The van der Waals surface area contributed by atoms with Crippen molar-refractivity contribution in [1.82, 2.24) is 19.8 Å². The van der Waals surface area contributed by atoms with Crippen molar-refractivity contribution in [3.8, 4) is 0 Å². The molecule has 0 atom stereocenters. The normalized spacial score (nSPS) is 14.5. The van der Waals surface area contributed by atoms with Crippen LogP contribution in [0.4, 0.5) is 4.79 Å². The highest BCUT2D eigenvalue weighted by atomic mass is 79.9. The van der Waals surface area contributed by atoms with Crippen LogP contribution in [-0.2, 0) is 11.3 Å². The van der Waals surface area contributed by atoms with Crippen molar-refractivity contribution < 1.29 is 9.59 Å². The van der Waals surface area contributed by atoms with E-state index in [1.165, 1.54) is 10.9 Å². The highest BCUT2D eigenvalue weighted by Gasteiger charge is 2.26. The lowest BCUT2D eigenvalue weighted by atomic mass is 10.2. The quantitative estimate of drug-likeness (QED) is 0.864. The molecule has 2 aromatic rings. The van der Waals surface area contributed by atoms with Crippen molar-refractivity contribution in [3.05, 3.63) is 39.4 Å². The number of hydrogen-bond acceptors (Lipinski definition) is 4. The fourth-order valence-electron chi connectivity index (χ4n) is 2.18. The van der Waals surface area contributed by atoms with Gasteiger partial charge < -0.3 is 5.32 Å². The molecule has 0 radical (unpaired) electrons. The topological polar surface area (TPSA) is 84.3 Å². The maximum Gasteiger partial charge on any atom is 0.324 e. The summed E-state index contributed by atoms with van der Waals surface area (Å²) in [5, 5.41) is 2.97. The number of amides is 3. The Balaban J connectivity index is 1.94. The standard InChI is InChI=1S/C13H11BrN4O3/c14-8-1-2-10-9(5-8)12(20)17(7-16-10)6-11(19)18-4-3-15-13(18)21/h1-2,5,7H,3-4,6H2,(H,15,21). The van der Waals surface area contributed by atoms with Crippen LogP contribution in [0.2, 0.25) is 0 Å². The molecule has 0 aliphatic carbocycles. The van der Waals surface area contributed by atoms with Crippen LogP contribution in [0, 0.1) is 0 Å². The van der Waals surface area contributed by atoms with Gasteiger partial charge in [-0.05, 0) is 18.2 Å². The van der Waals surface area contributed by atoms with E-state index in [9.17, 15) is 14.4 Å². The van der Waals surface area contributed by atoms with E-state index in [1.54, 1.807) is 18.2 Å². The molecule has 1 N–H and O–H groups in total.